The number of aliphatic carboxylic acids is 1. The van der Waals surface area contributed by atoms with E-state index in [0.29, 0.717) is 0 Å². The first kappa shape index (κ1) is 20.7. The number of β-lactam (4-membered cyclic amide) rings is 1. The number of carboxylic acids is 1. The number of aliphatic hydroxyl groups is 1. The summed E-state index contributed by atoms with van der Waals surface area (Å²) in [4.78, 5) is 27.1. The largest absolute Gasteiger partial charge is 0.477 e. The van der Waals surface area contributed by atoms with E-state index in [4.69, 9.17) is 0 Å². The first-order chi connectivity index (χ1) is 12.8. The summed E-state index contributed by atoms with van der Waals surface area (Å²) in [5, 5.41) is 19.7. The van der Waals surface area contributed by atoms with Gasteiger partial charge < -0.3 is 14.7 Å². The van der Waals surface area contributed by atoms with Crippen LogP contribution in [0.1, 0.15) is 53.4 Å². The van der Waals surface area contributed by atoms with Crippen LogP contribution in [0.15, 0.2) is 10.6 Å². The van der Waals surface area contributed by atoms with Gasteiger partial charge in [-0.15, -0.1) is 11.8 Å². The summed E-state index contributed by atoms with van der Waals surface area (Å²) < 4.78 is 0.968. The lowest BCUT2D eigenvalue weighted by Gasteiger charge is -2.44. The maximum Gasteiger partial charge on any atom is 0.353 e. The van der Waals surface area contributed by atoms with E-state index in [1.54, 1.807) is 6.92 Å². The molecule has 1 aliphatic carbocycles. The molecule has 0 bridgehead atoms. The Morgan fingerprint density at radius 2 is 1.81 bits per heavy atom. The van der Waals surface area contributed by atoms with Crippen molar-refractivity contribution in [1.82, 2.24) is 4.90 Å². The van der Waals surface area contributed by atoms with Gasteiger partial charge in [0.1, 0.15) is 11.1 Å². The standard InChI is InChI=1S/C20H32N2O4S/c1-5-22(6-2,7-3)12-20(10-8-9-11-20)16-15(19(25)26)21-17(24)14(13(4)23)18(21)27-16/h13-14,18,23H,5-12H2,1-4H3/p+1/t13-,14+,18-/m1/s1. The van der Waals surface area contributed by atoms with Crippen molar-refractivity contribution in [1.29, 1.82) is 0 Å². The van der Waals surface area contributed by atoms with E-state index in [-0.39, 0.29) is 22.4 Å². The smallest absolute Gasteiger partial charge is 0.353 e. The minimum absolute atomic E-state index is 0.165. The van der Waals surface area contributed by atoms with E-state index in [9.17, 15) is 19.8 Å². The van der Waals surface area contributed by atoms with Gasteiger partial charge in [-0.2, -0.15) is 0 Å². The third-order valence-electron chi connectivity index (χ3n) is 7.19. The van der Waals surface area contributed by atoms with Crippen LogP contribution in [-0.2, 0) is 9.59 Å². The molecule has 0 aromatic carbocycles. The summed E-state index contributed by atoms with van der Waals surface area (Å²) in [5.74, 6) is -1.75. The number of nitrogens with zero attached hydrogens (tertiary/aromatic N) is 2. The average molecular weight is 398 g/mol. The molecule has 2 aliphatic heterocycles. The number of rotatable bonds is 8. The van der Waals surface area contributed by atoms with Crippen LogP contribution in [0, 0.1) is 11.3 Å². The predicted octanol–water partition coefficient (Wildman–Crippen LogP) is 2.63. The lowest BCUT2D eigenvalue weighted by molar-refractivity contribution is -0.928. The van der Waals surface area contributed by atoms with E-state index in [1.807, 2.05) is 0 Å². The number of fused-ring (bicyclic) bond motifs is 1. The number of carbonyl (C=O) groups excluding carboxylic acids is 1. The number of thioether (sulfide) groups is 1. The quantitative estimate of drug-likeness (QED) is 0.486. The molecule has 1 amide bonds. The Balaban J connectivity index is 2.03. The summed E-state index contributed by atoms with van der Waals surface area (Å²) in [6, 6.07) is 0. The number of hydrogen-bond acceptors (Lipinski definition) is 4. The molecule has 2 heterocycles. The van der Waals surface area contributed by atoms with E-state index >= 15 is 0 Å². The van der Waals surface area contributed by atoms with Gasteiger partial charge in [0.15, 0.2) is 0 Å². The molecule has 1 saturated heterocycles. The summed E-state index contributed by atoms with van der Waals surface area (Å²) >= 11 is 1.54. The number of hydrogen-bond donors (Lipinski definition) is 2. The van der Waals surface area contributed by atoms with Crippen molar-refractivity contribution in [3.8, 4) is 0 Å². The van der Waals surface area contributed by atoms with Crippen molar-refractivity contribution in [2.24, 2.45) is 11.3 Å². The molecule has 2 N–H and O–H groups in total. The van der Waals surface area contributed by atoms with Crippen LogP contribution in [0.2, 0.25) is 0 Å². The molecule has 3 rings (SSSR count). The molecule has 0 unspecified atom stereocenters. The highest BCUT2D eigenvalue weighted by Gasteiger charge is 2.61. The number of carbonyl (C=O) groups is 2. The maximum atomic E-state index is 12.6. The SMILES string of the molecule is CC[N+](CC)(CC)CC1(C2=C(C(=O)O)N3C(=O)[C@H]([C@@H](C)O)[C@H]3S2)CCCC1. The number of carboxylic acid groups (broad SMARTS) is 1. The fourth-order valence-electron chi connectivity index (χ4n) is 5.31. The zero-order chi connectivity index (χ0) is 20.0. The van der Waals surface area contributed by atoms with Crippen LogP contribution in [0.25, 0.3) is 0 Å². The van der Waals surface area contributed by atoms with Crippen molar-refractivity contribution in [2.75, 3.05) is 26.2 Å². The summed E-state index contributed by atoms with van der Waals surface area (Å²) in [7, 11) is 0. The second-order valence-electron chi connectivity index (χ2n) is 8.40. The topological polar surface area (TPSA) is 77.8 Å². The Morgan fingerprint density at radius 1 is 1.26 bits per heavy atom. The second kappa shape index (κ2) is 7.41. The van der Waals surface area contributed by atoms with Gasteiger partial charge in [-0.25, -0.2) is 4.79 Å². The summed E-state index contributed by atoms with van der Waals surface area (Å²) in [6.45, 7) is 12.3. The molecule has 0 spiro atoms. The molecule has 27 heavy (non-hydrogen) atoms. The molecule has 0 aromatic rings. The Hall–Kier alpha value is -1.05. The van der Waals surface area contributed by atoms with Crippen molar-refractivity contribution in [3.63, 3.8) is 0 Å². The molecule has 7 heteroatoms. The highest BCUT2D eigenvalue weighted by atomic mass is 32.2. The molecular weight excluding hydrogens is 364 g/mol. The van der Waals surface area contributed by atoms with Gasteiger partial charge in [0.2, 0.25) is 5.91 Å². The lowest BCUT2D eigenvalue weighted by Crippen LogP contribution is -2.60. The van der Waals surface area contributed by atoms with Gasteiger partial charge in [0, 0.05) is 4.91 Å². The van der Waals surface area contributed by atoms with E-state index < -0.39 is 18.0 Å². The Labute approximate surface area is 166 Å². The van der Waals surface area contributed by atoms with E-state index in [1.165, 1.54) is 16.7 Å². The van der Waals surface area contributed by atoms with Crippen molar-refractivity contribution in [2.45, 2.75) is 64.9 Å². The normalized spacial score (nSPS) is 28.3. The number of quaternary nitrogens is 1. The second-order valence-corrected chi connectivity index (χ2v) is 9.53. The van der Waals surface area contributed by atoms with Crippen molar-refractivity contribution < 1.29 is 24.3 Å². The lowest BCUT2D eigenvalue weighted by atomic mass is 9.82. The van der Waals surface area contributed by atoms with Crippen molar-refractivity contribution >= 4 is 23.6 Å². The highest BCUT2D eigenvalue weighted by molar-refractivity contribution is 8.04. The summed E-state index contributed by atoms with van der Waals surface area (Å²) in [5.41, 5.74) is 0.0246. The Morgan fingerprint density at radius 3 is 2.26 bits per heavy atom. The number of amides is 1. The van der Waals surface area contributed by atoms with E-state index in [2.05, 4.69) is 20.8 Å². The zero-order valence-electron chi connectivity index (χ0n) is 16.9. The molecule has 2 fully saturated rings. The van der Waals surface area contributed by atoms with Crippen LogP contribution in [0.5, 0.6) is 0 Å². The van der Waals surface area contributed by atoms with Crippen LogP contribution < -0.4 is 0 Å². The molecule has 0 radical (unpaired) electrons. The average Bonchev–Trinajstić information content (AvgIpc) is 3.23. The molecule has 0 aromatic heterocycles. The minimum Gasteiger partial charge on any atom is -0.477 e. The fraction of sp³-hybridized carbons (Fsp3) is 0.800. The monoisotopic (exact) mass is 397 g/mol. The zero-order valence-corrected chi connectivity index (χ0v) is 17.7. The summed E-state index contributed by atoms with van der Waals surface area (Å²) in [6.07, 6.45) is 3.43. The highest BCUT2D eigenvalue weighted by Crippen LogP contribution is 2.60. The first-order valence-electron chi connectivity index (χ1n) is 10.3. The first-order valence-corrected chi connectivity index (χ1v) is 11.1. The number of aliphatic hydroxyl groups excluding tert-OH is 1. The maximum absolute atomic E-state index is 12.6. The van der Waals surface area contributed by atoms with Crippen LogP contribution >= 0.6 is 11.8 Å². The molecule has 152 valence electrons. The van der Waals surface area contributed by atoms with Gasteiger partial charge in [0.25, 0.3) is 0 Å². The van der Waals surface area contributed by atoms with Crippen LogP contribution in [0.3, 0.4) is 0 Å². The van der Waals surface area contributed by atoms with Crippen LogP contribution in [0.4, 0.5) is 0 Å². The van der Waals surface area contributed by atoms with Gasteiger partial charge in [-0.05, 0) is 40.5 Å². The van der Waals surface area contributed by atoms with E-state index in [0.717, 1.165) is 61.3 Å². The van der Waals surface area contributed by atoms with Crippen LogP contribution in [-0.4, -0.2) is 69.1 Å². The Kier molecular flexibility index (Phi) is 5.67. The van der Waals surface area contributed by atoms with Gasteiger partial charge in [-0.1, -0.05) is 12.8 Å². The molecule has 6 nitrogen and oxygen atoms in total. The van der Waals surface area contributed by atoms with Gasteiger partial charge in [0.05, 0.1) is 43.6 Å². The molecule has 1 saturated carbocycles. The van der Waals surface area contributed by atoms with Crippen molar-refractivity contribution in [3.05, 3.63) is 10.6 Å². The fourth-order valence-corrected chi connectivity index (χ4v) is 7.18. The Bertz CT molecular complexity index is 642. The molecule has 3 atom stereocenters. The third-order valence-corrected chi connectivity index (χ3v) is 8.80. The van der Waals surface area contributed by atoms with Gasteiger partial charge in [-0.3, -0.25) is 9.69 Å². The van der Waals surface area contributed by atoms with Gasteiger partial charge >= 0.3 is 5.97 Å². The minimum atomic E-state index is -1.01. The predicted molar refractivity (Wildman–Crippen MR) is 106 cm³/mol. The third kappa shape index (κ3) is 3.12. The molecular formula is C20H33N2O4S+. The molecule has 3 aliphatic rings.